The maximum absolute atomic E-state index is 10.6. The summed E-state index contributed by atoms with van der Waals surface area (Å²) in [5.74, 6) is 0.833. The Kier molecular flexibility index (Phi) is 3.91. The van der Waals surface area contributed by atoms with Gasteiger partial charge in [0, 0.05) is 25.7 Å². The summed E-state index contributed by atoms with van der Waals surface area (Å²) in [5.41, 5.74) is 0.981. The monoisotopic (exact) mass is 193 g/mol. The zero-order valence-electron chi connectivity index (χ0n) is 8.50. The first kappa shape index (κ1) is 10.5. The highest BCUT2D eigenvalue weighted by atomic mass is 16.1. The summed E-state index contributed by atoms with van der Waals surface area (Å²) in [5, 5.41) is 5.82. The summed E-state index contributed by atoms with van der Waals surface area (Å²) in [6, 6.07) is 5.79. The first-order valence-electron chi connectivity index (χ1n) is 4.60. The van der Waals surface area contributed by atoms with Gasteiger partial charge in [0.1, 0.15) is 5.82 Å². The molecule has 4 nitrogen and oxygen atoms in total. The van der Waals surface area contributed by atoms with Crippen molar-refractivity contribution in [1.29, 1.82) is 0 Å². The van der Waals surface area contributed by atoms with E-state index in [4.69, 9.17) is 0 Å². The van der Waals surface area contributed by atoms with Gasteiger partial charge in [-0.3, -0.25) is 4.79 Å². The number of amides is 1. The summed E-state index contributed by atoms with van der Waals surface area (Å²) in [4.78, 5) is 14.8. The Morgan fingerprint density at radius 1 is 1.43 bits per heavy atom. The third-order valence-electron chi connectivity index (χ3n) is 1.69. The molecule has 76 valence electrons. The average Bonchev–Trinajstić information content (AvgIpc) is 2.12. The fourth-order valence-corrected chi connectivity index (χ4v) is 1.07. The molecule has 0 aliphatic carbocycles. The number of carbonyl (C=O) groups excluding carboxylic acids is 1. The second-order valence-corrected chi connectivity index (χ2v) is 3.07. The van der Waals surface area contributed by atoms with Gasteiger partial charge in [0.2, 0.25) is 5.91 Å². The lowest BCUT2D eigenvalue weighted by atomic mass is 10.4. The second kappa shape index (κ2) is 5.21. The molecule has 1 aromatic rings. The van der Waals surface area contributed by atoms with Crippen LogP contribution in [0.25, 0.3) is 0 Å². The van der Waals surface area contributed by atoms with Crippen LogP contribution in [0.1, 0.15) is 12.6 Å². The van der Waals surface area contributed by atoms with Crippen molar-refractivity contribution in [1.82, 2.24) is 10.3 Å². The Morgan fingerprint density at radius 2 is 2.21 bits per heavy atom. The van der Waals surface area contributed by atoms with Crippen LogP contribution in [0.3, 0.4) is 0 Å². The molecule has 1 heterocycles. The van der Waals surface area contributed by atoms with E-state index in [1.807, 2.05) is 25.1 Å². The normalized spacial score (nSPS) is 9.57. The van der Waals surface area contributed by atoms with E-state index in [1.54, 1.807) is 0 Å². The van der Waals surface area contributed by atoms with Crippen molar-refractivity contribution in [2.75, 3.05) is 18.4 Å². The van der Waals surface area contributed by atoms with Gasteiger partial charge in [0.15, 0.2) is 0 Å². The van der Waals surface area contributed by atoms with Crippen molar-refractivity contribution >= 4 is 11.7 Å². The number of anilines is 1. The molecule has 4 heteroatoms. The van der Waals surface area contributed by atoms with Gasteiger partial charge in [-0.15, -0.1) is 0 Å². The smallest absolute Gasteiger partial charge is 0.216 e. The van der Waals surface area contributed by atoms with E-state index in [9.17, 15) is 4.79 Å². The lowest BCUT2D eigenvalue weighted by molar-refractivity contribution is -0.118. The Morgan fingerprint density at radius 3 is 2.86 bits per heavy atom. The van der Waals surface area contributed by atoms with Crippen LogP contribution in [-0.2, 0) is 4.79 Å². The molecule has 1 aromatic heterocycles. The van der Waals surface area contributed by atoms with Gasteiger partial charge in [0.25, 0.3) is 0 Å². The molecule has 0 aliphatic heterocycles. The van der Waals surface area contributed by atoms with E-state index >= 15 is 0 Å². The quantitative estimate of drug-likeness (QED) is 0.700. The molecular weight excluding hydrogens is 178 g/mol. The topological polar surface area (TPSA) is 54.0 Å². The number of aryl methyl sites for hydroxylation is 1. The SMILES string of the molecule is CC(=O)NCCNc1cccc(C)n1. The Bertz CT molecular complexity index is 312. The number of nitrogens with zero attached hydrogens (tertiary/aromatic N) is 1. The van der Waals surface area contributed by atoms with Gasteiger partial charge in [-0.2, -0.15) is 0 Å². The molecule has 0 aliphatic rings. The number of carbonyl (C=O) groups is 1. The lowest BCUT2D eigenvalue weighted by Gasteiger charge is -2.06. The van der Waals surface area contributed by atoms with E-state index < -0.39 is 0 Å². The standard InChI is InChI=1S/C10H15N3O/c1-8-4-3-5-10(13-8)12-7-6-11-9(2)14/h3-5H,6-7H2,1-2H3,(H,11,14)(H,12,13). The van der Waals surface area contributed by atoms with Crippen LogP contribution in [0, 0.1) is 6.92 Å². The van der Waals surface area contributed by atoms with Crippen LogP contribution in [0.5, 0.6) is 0 Å². The fraction of sp³-hybridized carbons (Fsp3) is 0.400. The Balaban J connectivity index is 2.28. The number of rotatable bonds is 4. The minimum absolute atomic E-state index is 0.0102. The molecule has 0 atom stereocenters. The molecule has 14 heavy (non-hydrogen) atoms. The number of aromatic nitrogens is 1. The summed E-state index contributed by atoms with van der Waals surface area (Å²) >= 11 is 0. The number of pyridine rings is 1. The molecule has 0 bridgehead atoms. The predicted molar refractivity (Wildman–Crippen MR) is 56.1 cm³/mol. The third kappa shape index (κ3) is 3.89. The van der Waals surface area contributed by atoms with Crippen LogP contribution in [0.4, 0.5) is 5.82 Å². The van der Waals surface area contributed by atoms with Crippen molar-refractivity contribution < 1.29 is 4.79 Å². The van der Waals surface area contributed by atoms with Gasteiger partial charge >= 0.3 is 0 Å². The van der Waals surface area contributed by atoms with Crippen LogP contribution in [-0.4, -0.2) is 24.0 Å². The fourth-order valence-electron chi connectivity index (χ4n) is 1.07. The largest absolute Gasteiger partial charge is 0.368 e. The molecular formula is C10H15N3O. The first-order chi connectivity index (χ1) is 6.68. The van der Waals surface area contributed by atoms with Gasteiger partial charge < -0.3 is 10.6 Å². The molecule has 0 radical (unpaired) electrons. The molecule has 0 aromatic carbocycles. The molecule has 0 saturated heterocycles. The van der Waals surface area contributed by atoms with E-state index in [2.05, 4.69) is 15.6 Å². The van der Waals surface area contributed by atoms with Crippen LogP contribution in [0.15, 0.2) is 18.2 Å². The van der Waals surface area contributed by atoms with Gasteiger partial charge in [-0.05, 0) is 19.1 Å². The maximum atomic E-state index is 10.6. The van der Waals surface area contributed by atoms with Crippen LogP contribution >= 0.6 is 0 Å². The van der Waals surface area contributed by atoms with Crippen molar-refractivity contribution in [3.8, 4) is 0 Å². The zero-order valence-corrected chi connectivity index (χ0v) is 8.50. The molecule has 0 saturated carbocycles. The molecule has 1 rings (SSSR count). The zero-order chi connectivity index (χ0) is 10.4. The summed E-state index contributed by atoms with van der Waals surface area (Å²) in [6.07, 6.45) is 0. The Labute approximate surface area is 83.7 Å². The van der Waals surface area contributed by atoms with Crippen LogP contribution < -0.4 is 10.6 Å². The summed E-state index contributed by atoms with van der Waals surface area (Å²) in [6.45, 7) is 4.75. The minimum Gasteiger partial charge on any atom is -0.368 e. The second-order valence-electron chi connectivity index (χ2n) is 3.07. The average molecular weight is 193 g/mol. The number of hydrogen-bond acceptors (Lipinski definition) is 3. The van der Waals surface area contributed by atoms with E-state index in [0.29, 0.717) is 13.1 Å². The van der Waals surface area contributed by atoms with Crippen molar-refractivity contribution in [2.45, 2.75) is 13.8 Å². The van der Waals surface area contributed by atoms with Crippen molar-refractivity contribution in [3.05, 3.63) is 23.9 Å². The highest BCUT2D eigenvalue weighted by Crippen LogP contribution is 2.02. The van der Waals surface area contributed by atoms with E-state index in [1.165, 1.54) is 6.92 Å². The van der Waals surface area contributed by atoms with Gasteiger partial charge in [0.05, 0.1) is 0 Å². The minimum atomic E-state index is -0.0102. The van der Waals surface area contributed by atoms with Gasteiger partial charge in [-0.25, -0.2) is 4.98 Å². The predicted octanol–water partition coefficient (Wildman–Crippen LogP) is 0.938. The number of hydrogen-bond donors (Lipinski definition) is 2. The summed E-state index contributed by atoms with van der Waals surface area (Å²) in [7, 11) is 0. The lowest BCUT2D eigenvalue weighted by Crippen LogP contribution is -2.26. The third-order valence-corrected chi connectivity index (χ3v) is 1.69. The summed E-state index contributed by atoms with van der Waals surface area (Å²) < 4.78 is 0. The molecule has 1 amide bonds. The molecule has 0 fully saturated rings. The number of nitrogens with one attached hydrogen (secondary N) is 2. The van der Waals surface area contributed by atoms with Crippen molar-refractivity contribution in [3.63, 3.8) is 0 Å². The highest BCUT2D eigenvalue weighted by Gasteiger charge is 1.93. The molecule has 0 unspecified atom stereocenters. The van der Waals surface area contributed by atoms with Gasteiger partial charge in [-0.1, -0.05) is 6.07 Å². The van der Waals surface area contributed by atoms with E-state index in [0.717, 1.165) is 11.5 Å². The molecule has 0 spiro atoms. The Hall–Kier alpha value is -1.58. The van der Waals surface area contributed by atoms with E-state index in [-0.39, 0.29) is 5.91 Å². The highest BCUT2D eigenvalue weighted by molar-refractivity contribution is 5.72. The van der Waals surface area contributed by atoms with Crippen LogP contribution in [0.2, 0.25) is 0 Å². The molecule has 2 N–H and O–H groups in total. The maximum Gasteiger partial charge on any atom is 0.216 e. The van der Waals surface area contributed by atoms with Crippen molar-refractivity contribution in [2.24, 2.45) is 0 Å². The first-order valence-corrected chi connectivity index (χ1v) is 4.60.